The largest absolute Gasteiger partial charge is 0.370 e. The van der Waals surface area contributed by atoms with E-state index in [1.54, 1.807) is 0 Å². The average molecular weight is 582 g/mol. The van der Waals surface area contributed by atoms with Crippen molar-refractivity contribution < 1.29 is 18.0 Å². The smallest absolute Gasteiger partial charge is 0.306 e. The van der Waals surface area contributed by atoms with Gasteiger partial charge in [0.05, 0.1) is 34.0 Å². The molecule has 1 aromatic rings. The van der Waals surface area contributed by atoms with Gasteiger partial charge in [0.2, 0.25) is 11.8 Å². The molecule has 8 nitrogen and oxygen atoms in total. The topological polar surface area (TPSA) is 113 Å². The normalized spacial score (nSPS) is 33.6. The summed E-state index contributed by atoms with van der Waals surface area (Å²) in [5.41, 5.74) is 5.65. The Morgan fingerprint density at radius 3 is 2.31 bits per heavy atom. The zero-order valence-corrected chi connectivity index (χ0v) is 22.8. The van der Waals surface area contributed by atoms with Crippen LogP contribution in [0.2, 0.25) is 15.1 Å². The predicted molar refractivity (Wildman–Crippen MR) is 139 cm³/mol. The fourth-order valence-electron chi connectivity index (χ4n) is 6.98. The second-order valence-corrected chi connectivity index (χ2v) is 14.4. The van der Waals surface area contributed by atoms with E-state index in [1.807, 2.05) is 0 Å². The number of nitrogens with one attached hydrogen (secondary N) is 1. The van der Waals surface area contributed by atoms with Crippen molar-refractivity contribution in [3.63, 3.8) is 0 Å². The van der Waals surface area contributed by atoms with Crippen LogP contribution in [0.15, 0.2) is 12.1 Å². The van der Waals surface area contributed by atoms with Crippen LogP contribution in [0.4, 0.5) is 5.69 Å². The number of hydrogen-bond donors (Lipinski definition) is 2. The molecule has 2 amide bonds. The number of carbonyl (C=O) groups excluding carboxylic acids is 2. The molecule has 5 fully saturated rings. The zero-order valence-electron chi connectivity index (χ0n) is 18.9. The van der Waals surface area contributed by atoms with Gasteiger partial charge < -0.3 is 11.1 Å². The molecule has 192 valence electrons. The Labute approximate surface area is 224 Å². The van der Waals surface area contributed by atoms with Gasteiger partial charge in [0.1, 0.15) is 0 Å². The van der Waals surface area contributed by atoms with Crippen LogP contribution in [0.1, 0.15) is 38.5 Å². The van der Waals surface area contributed by atoms with Crippen molar-refractivity contribution in [2.24, 2.45) is 28.9 Å². The first kappa shape index (κ1) is 25.7. The number of benzene rings is 1. The number of nitrogens with two attached hydrogens (primary N) is 1. The Bertz CT molecular complexity index is 1130. The summed E-state index contributed by atoms with van der Waals surface area (Å²) in [7, 11) is -4.03. The summed E-state index contributed by atoms with van der Waals surface area (Å²) in [5, 5.41) is 3.69. The molecule has 2 atom stereocenters. The van der Waals surface area contributed by atoms with Crippen LogP contribution < -0.4 is 15.4 Å². The van der Waals surface area contributed by atoms with Crippen molar-refractivity contribution in [2.75, 3.05) is 22.6 Å². The maximum atomic E-state index is 13.4. The highest BCUT2D eigenvalue weighted by Gasteiger charge is 2.56. The molecule has 4 aliphatic carbocycles. The minimum absolute atomic E-state index is 0.00328. The fraction of sp³-hybridized carbons (Fsp3) is 0.636. The molecule has 4 bridgehead atoms. The highest BCUT2D eigenvalue weighted by Crippen LogP contribution is 2.61. The Morgan fingerprint density at radius 1 is 1.09 bits per heavy atom. The lowest BCUT2D eigenvalue weighted by Crippen LogP contribution is -2.61. The van der Waals surface area contributed by atoms with Crippen LogP contribution in [-0.2, 0) is 19.8 Å². The second-order valence-electron chi connectivity index (χ2n) is 10.4. The standard InChI is InChI=1S/C22H27Cl3N4O4S2/c23-15-3-16(24)21(17(25)4-15)29-11-34-10-28(35(29,32)33)9-19(31)27-20-13-1-12-2-14(20)7-22(5-12,6-13)8-18(26)30/h3-4,12-14,20H,1-2,5-11H2,(H2,26,30)(H,27,31). The number of halogens is 3. The summed E-state index contributed by atoms with van der Waals surface area (Å²) in [5.74, 6) is 0.839. The van der Waals surface area contributed by atoms with E-state index in [4.69, 9.17) is 40.5 Å². The summed E-state index contributed by atoms with van der Waals surface area (Å²) in [4.78, 5) is 24.8. The summed E-state index contributed by atoms with van der Waals surface area (Å²) in [6.07, 6.45) is 5.27. The zero-order chi connectivity index (χ0) is 25.1. The van der Waals surface area contributed by atoms with Gasteiger partial charge in [-0.05, 0) is 67.4 Å². The third-order valence-electron chi connectivity index (χ3n) is 7.88. The van der Waals surface area contributed by atoms with Crippen LogP contribution in [0.5, 0.6) is 0 Å². The maximum Gasteiger partial charge on any atom is 0.306 e. The minimum atomic E-state index is -4.03. The number of carbonyl (C=O) groups is 2. The molecule has 3 N–H and O–H groups in total. The number of anilines is 1. The van der Waals surface area contributed by atoms with E-state index in [2.05, 4.69) is 5.32 Å². The van der Waals surface area contributed by atoms with E-state index >= 15 is 0 Å². The van der Waals surface area contributed by atoms with Gasteiger partial charge in [0, 0.05) is 17.5 Å². The molecule has 1 heterocycles. The first-order valence-corrected chi connectivity index (χ1v) is 15.2. The van der Waals surface area contributed by atoms with Crippen LogP contribution >= 0.6 is 46.6 Å². The van der Waals surface area contributed by atoms with Gasteiger partial charge >= 0.3 is 10.2 Å². The molecule has 0 radical (unpaired) electrons. The molecule has 0 spiro atoms. The lowest BCUT2D eigenvalue weighted by atomic mass is 9.47. The van der Waals surface area contributed by atoms with Gasteiger partial charge in [-0.15, -0.1) is 11.8 Å². The van der Waals surface area contributed by atoms with E-state index in [1.165, 1.54) is 23.9 Å². The van der Waals surface area contributed by atoms with Crippen LogP contribution in [-0.4, -0.2) is 48.9 Å². The van der Waals surface area contributed by atoms with Gasteiger partial charge in [0.25, 0.3) is 0 Å². The molecular formula is C22H27Cl3N4O4S2. The summed E-state index contributed by atoms with van der Waals surface area (Å²) in [6, 6.07) is 2.87. The van der Waals surface area contributed by atoms with Crippen molar-refractivity contribution in [2.45, 2.75) is 44.6 Å². The number of primary amides is 1. The van der Waals surface area contributed by atoms with Gasteiger partial charge in [-0.25, -0.2) is 4.31 Å². The molecule has 13 heteroatoms. The Balaban J connectivity index is 1.28. The van der Waals surface area contributed by atoms with Crippen molar-refractivity contribution in [1.82, 2.24) is 9.62 Å². The van der Waals surface area contributed by atoms with Crippen LogP contribution in [0.25, 0.3) is 0 Å². The third kappa shape index (κ3) is 4.86. The molecule has 4 saturated carbocycles. The third-order valence-corrected chi connectivity index (χ3v) is 11.7. The average Bonchev–Trinajstić information content (AvgIpc) is 2.71. The number of hydrogen-bond acceptors (Lipinski definition) is 5. The Morgan fingerprint density at radius 2 is 1.71 bits per heavy atom. The summed E-state index contributed by atoms with van der Waals surface area (Å²) in [6.45, 7) is -0.291. The lowest BCUT2D eigenvalue weighted by molar-refractivity contribution is -0.134. The minimum Gasteiger partial charge on any atom is -0.370 e. The van der Waals surface area contributed by atoms with Crippen molar-refractivity contribution >= 4 is 74.3 Å². The summed E-state index contributed by atoms with van der Waals surface area (Å²) >= 11 is 19.9. The summed E-state index contributed by atoms with van der Waals surface area (Å²) < 4.78 is 29.0. The van der Waals surface area contributed by atoms with E-state index < -0.39 is 10.2 Å². The molecule has 5 aliphatic rings. The molecule has 1 aromatic carbocycles. The van der Waals surface area contributed by atoms with Crippen molar-refractivity contribution in [3.05, 3.63) is 27.2 Å². The van der Waals surface area contributed by atoms with Gasteiger partial charge in [-0.3, -0.25) is 9.59 Å². The Kier molecular flexibility index (Phi) is 6.94. The quantitative estimate of drug-likeness (QED) is 0.530. The lowest BCUT2D eigenvalue weighted by Gasteiger charge is -2.60. The highest BCUT2D eigenvalue weighted by molar-refractivity contribution is 8.03. The highest BCUT2D eigenvalue weighted by atomic mass is 35.5. The molecule has 1 saturated heterocycles. The monoisotopic (exact) mass is 580 g/mol. The van der Waals surface area contributed by atoms with E-state index in [0.717, 1.165) is 40.7 Å². The van der Waals surface area contributed by atoms with Crippen LogP contribution in [0, 0.1) is 23.2 Å². The molecular weight excluding hydrogens is 555 g/mol. The molecule has 0 aromatic heterocycles. The molecule has 6 rings (SSSR count). The number of amides is 2. The number of thioether (sulfide) groups is 1. The van der Waals surface area contributed by atoms with Gasteiger partial charge in [0.15, 0.2) is 0 Å². The predicted octanol–water partition coefficient (Wildman–Crippen LogP) is 3.85. The van der Waals surface area contributed by atoms with Gasteiger partial charge in [-0.1, -0.05) is 34.8 Å². The molecule has 35 heavy (non-hydrogen) atoms. The molecule has 1 aliphatic heterocycles. The SMILES string of the molecule is NC(=O)CC12CC3CC(C1)C(NC(=O)CN1CSCN(c4c(Cl)cc(Cl)cc4Cl)S1(=O)=O)C(C3)C2. The van der Waals surface area contributed by atoms with E-state index in [-0.39, 0.29) is 57.3 Å². The van der Waals surface area contributed by atoms with E-state index in [0.29, 0.717) is 29.2 Å². The Hall–Kier alpha value is -0.910. The first-order valence-electron chi connectivity index (χ1n) is 11.6. The number of rotatable bonds is 6. The van der Waals surface area contributed by atoms with Gasteiger partial charge in [-0.2, -0.15) is 12.7 Å². The van der Waals surface area contributed by atoms with Crippen LogP contribution in [0.3, 0.4) is 0 Å². The maximum absolute atomic E-state index is 13.4. The van der Waals surface area contributed by atoms with Crippen molar-refractivity contribution in [3.8, 4) is 0 Å². The van der Waals surface area contributed by atoms with E-state index in [9.17, 15) is 18.0 Å². The number of nitrogens with zero attached hydrogens (tertiary/aromatic N) is 2. The first-order chi connectivity index (χ1) is 16.5. The van der Waals surface area contributed by atoms with Crippen molar-refractivity contribution in [1.29, 1.82) is 0 Å². The fourth-order valence-corrected chi connectivity index (χ4v) is 11.3. The molecule has 2 unspecified atom stereocenters. The second kappa shape index (κ2) is 9.44.